The number of fused-ring (bicyclic) bond motifs is 1. The zero-order chi connectivity index (χ0) is 26.9. The van der Waals surface area contributed by atoms with Crippen LogP contribution >= 0.6 is 0 Å². The average Bonchev–Trinajstić information content (AvgIpc) is 3.54. The zero-order valence-electron chi connectivity index (χ0n) is 22.1. The summed E-state index contributed by atoms with van der Waals surface area (Å²) in [5, 5.41) is 7.92. The van der Waals surface area contributed by atoms with Gasteiger partial charge in [0, 0.05) is 30.7 Å². The maximum absolute atomic E-state index is 13.3. The van der Waals surface area contributed by atoms with Crippen LogP contribution in [0, 0.1) is 13.8 Å². The summed E-state index contributed by atoms with van der Waals surface area (Å²) >= 11 is 0. The molecule has 1 fully saturated rings. The van der Waals surface area contributed by atoms with E-state index in [1.807, 2.05) is 55.8 Å². The average molecular weight is 524 g/mol. The molecule has 6 rings (SSSR count). The lowest BCUT2D eigenvalue weighted by Gasteiger charge is -2.37. The van der Waals surface area contributed by atoms with Gasteiger partial charge in [-0.1, -0.05) is 41.6 Å². The summed E-state index contributed by atoms with van der Waals surface area (Å²) in [5.74, 6) is 1.20. The molecule has 1 amide bonds. The Morgan fingerprint density at radius 3 is 2.72 bits per heavy atom. The first-order valence-electron chi connectivity index (χ1n) is 12.9. The molecule has 1 aliphatic heterocycles. The van der Waals surface area contributed by atoms with Crippen LogP contribution in [0.1, 0.15) is 39.4 Å². The Balaban J connectivity index is 1.46. The van der Waals surface area contributed by atoms with Crippen molar-refractivity contribution in [1.29, 1.82) is 0 Å². The topological polar surface area (TPSA) is 111 Å². The van der Waals surface area contributed by atoms with E-state index >= 15 is 0 Å². The zero-order valence-corrected chi connectivity index (χ0v) is 22.1. The molecule has 198 valence electrons. The monoisotopic (exact) mass is 523 g/mol. The largest absolute Gasteiger partial charge is 0.377 e. The molecular weight excluding hydrogens is 494 g/mol. The number of aryl methyl sites for hydroxylation is 3. The van der Waals surface area contributed by atoms with Crippen LogP contribution in [-0.4, -0.2) is 50.3 Å². The van der Waals surface area contributed by atoms with E-state index < -0.39 is 0 Å². The minimum absolute atomic E-state index is 0.0638. The van der Waals surface area contributed by atoms with E-state index in [4.69, 9.17) is 14.2 Å². The molecular formula is C29H29N7O3. The lowest BCUT2D eigenvalue weighted by Crippen LogP contribution is -2.40. The van der Waals surface area contributed by atoms with Crippen LogP contribution in [0.15, 0.2) is 65.6 Å². The fourth-order valence-corrected chi connectivity index (χ4v) is 5.10. The van der Waals surface area contributed by atoms with Crippen LogP contribution in [-0.2, 0) is 18.3 Å². The van der Waals surface area contributed by atoms with E-state index in [1.54, 1.807) is 12.5 Å². The molecule has 0 radical (unpaired) electrons. The Labute approximate surface area is 225 Å². The minimum Gasteiger partial charge on any atom is -0.377 e. The van der Waals surface area contributed by atoms with E-state index in [0.717, 1.165) is 39.2 Å². The van der Waals surface area contributed by atoms with Crippen molar-refractivity contribution in [1.82, 2.24) is 30.0 Å². The highest BCUT2D eigenvalue weighted by atomic mass is 16.5. The van der Waals surface area contributed by atoms with Gasteiger partial charge in [-0.2, -0.15) is 0 Å². The Morgan fingerprint density at radius 2 is 1.97 bits per heavy atom. The van der Waals surface area contributed by atoms with Crippen LogP contribution in [0.25, 0.3) is 22.0 Å². The van der Waals surface area contributed by atoms with Crippen molar-refractivity contribution in [2.24, 2.45) is 7.05 Å². The van der Waals surface area contributed by atoms with Gasteiger partial charge >= 0.3 is 0 Å². The number of amides is 1. The van der Waals surface area contributed by atoms with Gasteiger partial charge in [-0.15, -0.1) is 0 Å². The van der Waals surface area contributed by atoms with Gasteiger partial charge in [0.15, 0.2) is 0 Å². The summed E-state index contributed by atoms with van der Waals surface area (Å²) in [7, 11) is 1.89. The molecule has 1 N–H and O–H groups in total. The lowest BCUT2D eigenvalue weighted by molar-refractivity contribution is 0.0930. The number of ether oxygens (including phenoxy) is 1. The van der Waals surface area contributed by atoms with Gasteiger partial charge in [0.25, 0.3) is 5.91 Å². The smallest absolute Gasteiger partial charge is 0.289 e. The molecule has 3 aromatic heterocycles. The van der Waals surface area contributed by atoms with Gasteiger partial charge < -0.3 is 24.0 Å². The van der Waals surface area contributed by atoms with Crippen molar-refractivity contribution >= 4 is 22.6 Å². The minimum atomic E-state index is -0.348. The Hall–Kier alpha value is -4.57. The highest BCUT2D eigenvalue weighted by Gasteiger charge is 2.29. The summed E-state index contributed by atoms with van der Waals surface area (Å²) in [6.07, 6.45) is 3.42. The van der Waals surface area contributed by atoms with E-state index in [2.05, 4.69) is 43.5 Å². The van der Waals surface area contributed by atoms with Gasteiger partial charge in [-0.3, -0.25) is 4.79 Å². The molecule has 1 atom stereocenters. The molecule has 5 aromatic rings. The van der Waals surface area contributed by atoms with Crippen LogP contribution in [0.2, 0.25) is 0 Å². The van der Waals surface area contributed by atoms with Crippen molar-refractivity contribution in [2.75, 3.05) is 24.7 Å². The van der Waals surface area contributed by atoms with Gasteiger partial charge in [-0.05, 0) is 37.1 Å². The molecule has 39 heavy (non-hydrogen) atoms. The fourth-order valence-electron chi connectivity index (χ4n) is 5.10. The second-order valence-corrected chi connectivity index (χ2v) is 9.68. The third-order valence-corrected chi connectivity index (χ3v) is 7.13. The van der Waals surface area contributed by atoms with E-state index in [0.29, 0.717) is 37.6 Å². The Kier molecular flexibility index (Phi) is 6.54. The van der Waals surface area contributed by atoms with Crippen LogP contribution in [0.3, 0.4) is 0 Å². The number of carbonyl (C=O) groups is 1. The molecule has 1 unspecified atom stereocenters. The van der Waals surface area contributed by atoms with Gasteiger partial charge in [0.05, 0.1) is 49.0 Å². The van der Waals surface area contributed by atoms with Gasteiger partial charge in [-0.25, -0.2) is 15.0 Å². The molecule has 0 spiro atoms. The molecule has 1 aliphatic rings. The van der Waals surface area contributed by atoms with Crippen LogP contribution in [0.5, 0.6) is 0 Å². The molecule has 0 saturated carbocycles. The number of hydrogen-bond acceptors (Lipinski definition) is 8. The standard InChI is InChI=1S/C29H29N7O3/c1-18-26(19(2)39-34-18)21-9-10-24-23(13-21)28(36-11-12-38-16-25(36)20-7-5-4-6-8-20)33-27(32-24)29(37)31-15-22-14-30-17-35(22)3/h4-10,13-14,17,25H,11-12,15-16H2,1-3H3,(H,31,37). The first-order chi connectivity index (χ1) is 19.0. The number of imidazole rings is 1. The predicted molar refractivity (Wildman–Crippen MR) is 146 cm³/mol. The van der Waals surface area contributed by atoms with Crippen molar-refractivity contribution in [2.45, 2.75) is 26.4 Å². The van der Waals surface area contributed by atoms with Crippen molar-refractivity contribution in [3.05, 3.63) is 89.6 Å². The van der Waals surface area contributed by atoms with E-state index in [-0.39, 0.29) is 17.8 Å². The highest BCUT2D eigenvalue weighted by molar-refractivity contribution is 5.98. The van der Waals surface area contributed by atoms with Crippen molar-refractivity contribution in [3.8, 4) is 11.1 Å². The normalized spacial score (nSPS) is 15.6. The molecule has 4 heterocycles. The van der Waals surface area contributed by atoms with Crippen molar-refractivity contribution in [3.63, 3.8) is 0 Å². The number of morpholine rings is 1. The maximum atomic E-state index is 13.3. The number of hydrogen-bond donors (Lipinski definition) is 1. The molecule has 1 saturated heterocycles. The molecule has 10 nitrogen and oxygen atoms in total. The van der Waals surface area contributed by atoms with E-state index in [9.17, 15) is 4.79 Å². The Morgan fingerprint density at radius 1 is 1.13 bits per heavy atom. The number of rotatable bonds is 6. The molecule has 0 aliphatic carbocycles. The Bertz CT molecular complexity index is 1620. The second kappa shape index (κ2) is 10.3. The molecule has 10 heteroatoms. The highest BCUT2D eigenvalue weighted by Crippen LogP contribution is 2.36. The van der Waals surface area contributed by atoms with Crippen LogP contribution in [0.4, 0.5) is 5.82 Å². The van der Waals surface area contributed by atoms with Crippen molar-refractivity contribution < 1.29 is 14.1 Å². The molecule has 2 aromatic carbocycles. The maximum Gasteiger partial charge on any atom is 0.289 e. The quantitative estimate of drug-likeness (QED) is 0.354. The first kappa shape index (κ1) is 24.7. The summed E-state index contributed by atoms with van der Waals surface area (Å²) in [4.78, 5) is 29.2. The van der Waals surface area contributed by atoms with Gasteiger partial charge in [0.2, 0.25) is 5.82 Å². The number of carbonyl (C=O) groups excluding carboxylic acids is 1. The summed E-state index contributed by atoms with van der Waals surface area (Å²) in [6, 6.07) is 16.1. The number of benzene rings is 2. The lowest BCUT2D eigenvalue weighted by atomic mass is 10.0. The summed E-state index contributed by atoms with van der Waals surface area (Å²) in [5.41, 5.74) is 5.40. The third kappa shape index (κ3) is 4.74. The summed E-state index contributed by atoms with van der Waals surface area (Å²) < 4.78 is 13.2. The number of nitrogens with one attached hydrogen (secondary N) is 1. The second-order valence-electron chi connectivity index (χ2n) is 9.68. The number of aromatic nitrogens is 5. The molecule has 0 bridgehead atoms. The van der Waals surface area contributed by atoms with Crippen LogP contribution < -0.4 is 10.2 Å². The first-order valence-corrected chi connectivity index (χ1v) is 12.9. The predicted octanol–water partition coefficient (Wildman–Crippen LogP) is 4.14. The number of anilines is 1. The number of nitrogens with zero attached hydrogens (tertiary/aromatic N) is 6. The SMILES string of the molecule is Cc1noc(C)c1-c1ccc2nc(C(=O)NCc3cncn3C)nc(N3CCOCC3c3ccccc3)c2c1. The third-order valence-electron chi connectivity index (χ3n) is 7.13. The van der Waals surface area contributed by atoms with Gasteiger partial charge in [0.1, 0.15) is 11.6 Å². The van der Waals surface area contributed by atoms with E-state index in [1.165, 1.54) is 0 Å². The summed E-state index contributed by atoms with van der Waals surface area (Å²) in [6.45, 7) is 5.84. The fraction of sp³-hybridized carbons (Fsp3) is 0.276.